The van der Waals surface area contributed by atoms with Crippen LogP contribution < -0.4 is 5.73 Å². The number of hydrogen-bond donors (Lipinski definition) is 1. The maximum absolute atomic E-state index is 12.6. The molecule has 2 heterocycles. The van der Waals surface area contributed by atoms with E-state index in [4.69, 9.17) is 10.5 Å². The van der Waals surface area contributed by atoms with Crippen LogP contribution in [-0.4, -0.2) is 19.0 Å². The Kier molecular flexibility index (Phi) is 3.36. The Morgan fingerprint density at radius 3 is 2.79 bits per heavy atom. The van der Waals surface area contributed by atoms with Gasteiger partial charge in [-0.3, -0.25) is 4.79 Å². The van der Waals surface area contributed by atoms with Crippen molar-refractivity contribution in [1.82, 2.24) is 0 Å². The summed E-state index contributed by atoms with van der Waals surface area (Å²) in [5.74, 6) is 0.317. The van der Waals surface area contributed by atoms with Gasteiger partial charge in [-0.25, -0.2) is 0 Å². The normalized spacial score (nSPS) is 18.6. The Bertz CT molecular complexity index is 585. The zero-order valence-corrected chi connectivity index (χ0v) is 11.3. The number of anilines is 1. The van der Waals surface area contributed by atoms with E-state index >= 15 is 0 Å². The average molecular weight is 273 g/mol. The van der Waals surface area contributed by atoms with Gasteiger partial charge in [0.15, 0.2) is 5.78 Å². The predicted octanol–water partition coefficient (Wildman–Crippen LogP) is 3.07. The van der Waals surface area contributed by atoms with Crippen LogP contribution in [0.3, 0.4) is 0 Å². The van der Waals surface area contributed by atoms with Gasteiger partial charge in [0.05, 0.1) is 17.2 Å². The number of carbonyl (C=O) groups excluding carboxylic acids is 1. The Morgan fingerprint density at radius 2 is 2.11 bits per heavy atom. The minimum Gasteiger partial charge on any atom is -0.390 e. The number of nitrogen functional groups attached to an aromatic ring is 1. The lowest BCUT2D eigenvalue weighted by atomic mass is 9.93. The van der Waals surface area contributed by atoms with Gasteiger partial charge in [0.2, 0.25) is 0 Å². The van der Waals surface area contributed by atoms with Gasteiger partial charge in [0.25, 0.3) is 0 Å². The summed E-state index contributed by atoms with van der Waals surface area (Å²) in [4.78, 5) is 12.6. The predicted molar refractivity (Wildman–Crippen MR) is 76.8 cm³/mol. The summed E-state index contributed by atoms with van der Waals surface area (Å²) >= 11 is 1.44. The standard InChI is InChI=1S/C15H15NO2S/c16-15-13(14(17)10-4-2-1-3-5-10)12(9-19-15)11-6-7-18-8-11/h1-5,9,11H,6-8,16H2. The van der Waals surface area contributed by atoms with Crippen molar-refractivity contribution in [3.8, 4) is 0 Å². The fraction of sp³-hybridized carbons (Fsp3) is 0.267. The summed E-state index contributed by atoms with van der Waals surface area (Å²) in [6.45, 7) is 1.45. The molecule has 3 nitrogen and oxygen atoms in total. The van der Waals surface area contributed by atoms with Crippen molar-refractivity contribution in [2.45, 2.75) is 12.3 Å². The quantitative estimate of drug-likeness (QED) is 0.874. The van der Waals surface area contributed by atoms with Gasteiger partial charge in [0, 0.05) is 18.1 Å². The molecule has 0 saturated carbocycles. The van der Waals surface area contributed by atoms with Crippen LogP contribution in [0.15, 0.2) is 35.7 Å². The lowest BCUT2D eigenvalue weighted by Gasteiger charge is -2.09. The zero-order valence-electron chi connectivity index (χ0n) is 10.5. The summed E-state index contributed by atoms with van der Waals surface area (Å²) in [7, 11) is 0. The monoisotopic (exact) mass is 273 g/mol. The van der Waals surface area contributed by atoms with Crippen molar-refractivity contribution in [3.63, 3.8) is 0 Å². The van der Waals surface area contributed by atoms with Crippen LogP contribution in [0.5, 0.6) is 0 Å². The molecule has 0 bridgehead atoms. The summed E-state index contributed by atoms with van der Waals surface area (Å²) in [6, 6.07) is 9.30. The van der Waals surface area contributed by atoms with Gasteiger partial charge < -0.3 is 10.5 Å². The summed E-state index contributed by atoms with van der Waals surface area (Å²) in [5.41, 5.74) is 8.41. The minimum absolute atomic E-state index is 0.0150. The molecule has 1 atom stereocenters. The first kappa shape index (κ1) is 12.4. The number of carbonyl (C=O) groups is 1. The van der Waals surface area contributed by atoms with E-state index in [1.165, 1.54) is 11.3 Å². The van der Waals surface area contributed by atoms with Crippen LogP contribution in [0.2, 0.25) is 0 Å². The van der Waals surface area contributed by atoms with Crippen LogP contribution in [0.25, 0.3) is 0 Å². The topological polar surface area (TPSA) is 52.3 Å². The highest BCUT2D eigenvalue weighted by atomic mass is 32.1. The fourth-order valence-electron chi connectivity index (χ4n) is 2.44. The molecule has 1 aromatic carbocycles. The van der Waals surface area contributed by atoms with Gasteiger partial charge in [-0.2, -0.15) is 0 Å². The highest BCUT2D eigenvalue weighted by Crippen LogP contribution is 2.36. The molecule has 1 fully saturated rings. The van der Waals surface area contributed by atoms with E-state index in [0.29, 0.717) is 28.7 Å². The van der Waals surface area contributed by atoms with E-state index in [2.05, 4.69) is 0 Å². The van der Waals surface area contributed by atoms with Crippen molar-refractivity contribution < 1.29 is 9.53 Å². The third-order valence-electron chi connectivity index (χ3n) is 3.48. The lowest BCUT2D eigenvalue weighted by molar-refractivity contribution is 0.103. The lowest BCUT2D eigenvalue weighted by Crippen LogP contribution is -2.09. The van der Waals surface area contributed by atoms with E-state index in [1.807, 2.05) is 35.7 Å². The second-order valence-corrected chi connectivity index (χ2v) is 5.60. The molecule has 0 radical (unpaired) electrons. The maximum Gasteiger partial charge on any atom is 0.196 e. The number of nitrogens with two attached hydrogens (primary N) is 1. The van der Waals surface area contributed by atoms with Crippen molar-refractivity contribution >= 4 is 22.1 Å². The molecule has 1 saturated heterocycles. The molecule has 0 amide bonds. The summed E-state index contributed by atoms with van der Waals surface area (Å²) < 4.78 is 5.41. The van der Waals surface area contributed by atoms with E-state index in [-0.39, 0.29) is 5.78 Å². The third kappa shape index (κ3) is 2.29. The molecule has 2 aromatic rings. The van der Waals surface area contributed by atoms with Crippen molar-refractivity contribution in [1.29, 1.82) is 0 Å². The highest BCUT2D eigenvalue weighted by molar-refractivity contribution is 7.14. The van der Waals surface area contributed by atoms with E-state index < -0.39 is 0 Å². The van der Waals surface area contributed by atoms with Gasteiger partial charge in [0.1, 0.15) is 0 Å². The first-order chi connectivity index (χ1) is 9.27. The van der Waals surface area contributed by atoms with E-state index in [0.717, 1.165) is 18.6 Å². The largest absolute Gasteiger partial charge is 0.390 e. The zero-order chi connectivity index (χ0) is 13.2. The summed E-state index contributed by atoms with van der Waals surface area (Å²) in [5, 5.41) is 2.61. The van der Waals surface area contributed by atoms with Crippen LogP contribution in [0, 0.1) is 0 Å². The van der Waals surface area contributed by atoms with E-state index in [9.17, 15) is 4.79 Å². The first-order valence-corrected chi connectivity index (χ1v) is 7.19. The number of benzene rings is 1. The minimum atomic E-state index is 0.0150. The third-order valence-corrected chi connectivity index (χ3v) is 4.31. The number of hydrogen-bond acceptors (Lipinski definition) is 4. The molecule has 4 heteroatoms. The number of ether oxygens (including phenoxy) is 1. The average Bonchev–Trinajstić information content (AvgIpc) is 3.08. The van der Waals surface area contributed by atoms with Gasteiger partial charge in [-0.15, -0.1) is 11.3 Å². The Balaban J connectivity index is 2.00. The van der Waals surface area contributed by atoms with E-state index in [1.54, 1.807) is 0 Å². The smallest absolute Gasteiger partial charge is 0.196 e. The van der Waals surface area contributed by atoms with Crippen molar-refractivity contribution in [2.75, 3.05) is 18.9 Å². The van der Waals surface area contributed by atoms with Crippen molar-refractivity contribution in [2.24, 2.45) is 0 Å². The molecule has 1 aromatic heterocycles. The first-order valence-electron chi connectivity index (χ1n) is 6.31. The highest BCUT2D eigenvalue weighted by Gasteiger charge is 2.26. The molecule has 3 rings (SSSR count). The molecule has 0 aliphatic carbocycles. The SMILES string of the molecule is Nc1scc(C2CCOC2)c1C(=O)c1ccccc1. The molecule has 1 aliphatic heterocycles. The Morgan fingerprint density at radius 1 is 1.32 bits per heavy atom. The molecule has 1 unspecified atom stereocenters. The molecular formula is C15H15NO2S. The second-order valence-electron chi connectivity index (χ2n) is 4.69. The Labute approximate surface area is 116 Å². The molecule has 1 aliphatic rings. The molecular weight excluding hydrogens is 258 g/mol. The molecule has 98 valence electrons. The number of thiophene rings is 1. The van der Waals surface area contributed by atoms with Crippen LogP contribution >= 0.6 is 11.3 Å². The molecule has 0 spiro atoms. The molecule has 19 heavy (non-hydrogen) atoms. The van der Waals surface area contributed by atoms with Gasteiger partial charge in [-0.1, -0.05) is 30.3 Å². The van der Waals surface area contributed by atoms with Crippen LogP contribution in [-0.2, 0) is 4.74 Å². The Hall–Kier alpha value is -1.65. The van der Waals surface area contributed by atoms with Gasteiger partial charge >= 0.3 is 0 Å². The van der Waals surface area contributed by atoms with Crippen LogP contribution in [0.1, 0.15) is 33.8 Å². The van der Waals surface area contributed by atoms with Gasteiger partial charge in [-0.05, 0) is 17.4 Å². The van der Waals surface area contributed by atoms with Crippen LogP contribution in [0.4, 0.5) is 5.00 Å². The maximum atomic E-state index is 12.6. The fourth-order valence-corrected chi connectivity index (χ4v) is 3.34. The number of ketones is 1. The summed E-state index contributed by atoms with van der Waals surface area (Å²) in [6.07, 6.45) is 0.964. The molecule has 2 N–H and O–H groups in total. The van der Waals surface area contributed by atoms with Crippen molar-refractivity contribution in [3.05, 3.63) is 52.4 Å². The number of rotatable bonds is 3. The second kappa shape index (κ2) is 5.15.